The maximum Gasteiger partial charge on any atom is 0.411 e. The van der Waals surface area contributed by atoms with Gasteiger partial charge in [-0.15, -0.1) is 0 Å². The second kappa shape index (κ2) is 12.1. The first-order valence-electron chi connectivity index (χ1n) is 13.8. The highest BCUT2D eigenvalue weighted by molar-refractivity contribution is 7.80. The average molecular weight is 560 g/mol. The Kier molecular flexibility index (Phi) is 8.98. The Bertz CT molecular complexity index is 1060. The SMILES string of the molecule is CC(C)(C)OC(=O)N1[C@@H](S)CCC[C@H]1C(=O)NC(Cc1ccc(N2CCN(C(=O)C3CC3)CC2)cc1)C(N)=O. The minimum Gasteiger partial charge on any atom is -0.444 e. The van der Waals surface area contributed by atoms with E-state index in [4.69, 9.17) is 10.5 Å². The molecule has 0 aromatic heterocycles. The zero-order valence-electron chi connectivity index (χ0n) is 23.1. The summed E-state index contributed by atoms with van der Waals surface area (Å²) in [6, 6.07) is 6.11. The molecule has 1 aliphatic carbocycles. The zero-order chi connectivity index (χ0) is 28.3. The molecule has 1 aromatic carbocycles. The summed E-state index contributed by atoms with van der Waals surface area (Å²) >= 11 is 4.52. The average Bonchev–Trinajstić information content (AvgIpc) is 3.73. The molecule has 1 aromatic rings. The third-order valence-electron chi connectivity index (χ3n) is 7.42. The number of benzene rings is 1. The molecule has 2 saturated heterocycles. The van der Waals surface area contributed by atoms with Crippen LogP contribution in [-0.2, 0) is 25.5 Å². The van der Waals surface area contributed by atoms with Crippen LogP contribution in [0.1, 0.15) is 58.4 Å². The molecule has 1 unspecified atom stereocenters. The molecule has 3 N–H and O–H groups in total. The van der Waals surface area contributed by atoms with Crippen molar-refractivity contribution in [3.63, 3.8) is 0 Å². The lowest BCUT2D eigenvalue weighted by atomic mass is 10.00. The van der Waals surface area contributed by atoms with Gasteiger partial charge in [0.15, 0.2) is 0 Å². The number of thiol groups is 1. The minimum atomic E-state index is -0.930. The molecule has 11 heteroatoms. The molecule has 3 atom stereocenters. The molecule has 3 fully saturated rings. The Balaban J connectivity index is 1.35. The van der Waals surface area contributed by atoms with E-state index in [1.165, 1.54) is 4.90 Å². The number of carbonyl (C=O) groups excluding carboxylic acids is 4. The molecule has 39 heavy (non-hydrogen) atoms. The predicted octanol–water partition coefficient (Wildman–Crippen LogP) is 2.30. The van der Waals surface area contributed by atoms with Gasteiger partial charge in [0.05, 0.1) is 5.37 Å². The van der Waals surface area contributed by atoms with Crippen molar-refractivity contribution in [2.45, 2.75) is 82.4 Å². The van der Waals surface area contributed by atoms with Crippen molar-refractivity contribution < 1.29 is 23.9 Å². The number of hydrogen-bond donors (Lipinski definition) is 3. The maximum absolute atomic E-state index is 13.3. The molecule has 0 radical (unpaired) electrons. The van der Waals surface area contributed by atoms with Crippen LogP contribution in [0.2, 0.25) is 0 Å². The first-order valence-corrected chi connectivity index (χ1v) is 14.4. The summed E-state index contributed by atoms with van der Waals surface area (Å²) in [7, 11) is 0. The van der Waals surface area contributed by atoms with Crippen LogP contribution in [0, 0.1) is 5.92 Å². The van der Waals surface area contributed by atoms with Crippen LogP contribution in [-0.4, -0.2) is 82.9 Å². The summed E-state index contributed by atoms with van der Waals surface area (Å²) in [5.74, 6) is -0.561. The van der Waals surface area contributed by atoms with Crippen molar-refractivity contribution >= 4 is 42.1 Å². The molecule has 2 heterocycles. The van der Waals surface area contributed by atoms with Crippen LogP contribution in [0.15, 0.2) is 24.3 Å². The summed E-state index contributed by atoms with van der Waals surface area (Å²) < 4.78 is 5.51. The number of primary amides is 1. The number of anilines is 1. The highest BCUT2D eigenvalue weighted by atomic mass is 32.1. The number of piperazine rings is 1. The lowest BCUT2D eigenvalue weighted by Gasteiger charge is -2.40. The van der Waals surface area contributed by atoms with Crippen LogP contribution >= 0.6 is 12.6 Å². The van der Waals surface area contributed by atoms with Gasteiger partial charge in [0, 0.05) is 44.2 Å². The fourth-order valence-corrected chi connectivity index (χ4v) is 5.58. The lowest BCUT2D eigenvalue weighted by molar-refractivity contribution is -0.132. The van der Waals surface area contributed by atoms with Crippen molar-refractivity contribution in [3.05, 3.63) is 29.8 Å². The van der Waals surface area contributed by atoms with E-state index in [2.05, 4.69) is 22.8 Å². The van der Waals surface area contributed by atoms with E-state index >= 15 is 0 Å². The van der Waals surface area contributed by atoms with Crippen LogP contribution in [0.5, 0.6) is 0 Å². The molecule has 0 spiro atoms. The highest BCUT2D eigenvalue weighted by Crippen LogP contribution is 2.32. The van der Waals surface area contributed by atoms with E-state index in [0.29, 0.717) is 12.8 Å². The lowest BCUT2D eigenvalue weighted by Crippen LogP contribution is -2.58. The third-order valence-corrected chi connectivity index (χ3v) is 7.93. The van der Waals surface area contributed by atoms with E-state index in [1.807, 2.05) is 29.2 Å². The van der Waals surface area contributed by atoms with Gasteiger partial charge < -0.3 is 25.6 Å². The van der Waals surface area contributed by atoms with Gasteiger partial charge in [-0.3, -0.25) is 19.3 Å². The summed E-state index contributed by atoms with van der Waals surface area (Å²) in [4.78, 5) is 56.3. The minimum absolute atomic E-state index is 0.231. The number of amides is 4. The molecule has 0 bridgehead atoms. The van der Waals surface area contributed by atoms with Gasteiger partial charge >= 0.3 is 6.09 Å². The fourth-order valence-electron chi connectivity index (χ4n) is 5.14. The molecule has 4 rings (SSSR count). The van der Waals surface area contributed by atoms with Crippen LogP contribution in [0.4, 0.5) is 10.5 Å². The van der Waals surface area contributed by atoms with Gasteiger partial charge in [-0.2, -0.15) is 12.6 Å². The standard InChI is InChI=1S/C28H41N5O5S/c1-28(2,3)38-27(37)33-22(5-4-6-23(33)39)25(35)30-21(24(29)34)17-18-7-11-20(12-8-18)31-13-15-32(16-14-31)26(36)19-9-10-19/h7-8,11-12,19,21-23,39H,4-6,9-10,13-17H2,1-3H3,(H2,29,34)(H,30,35)/t21?,22-,23-/m0/s1. The zero-order valence-corrected chi connectivity index (χ0v) is 24.0. The number of likely N-dealkylation sites (tertiary alicyclic amines) is 1. The van der Waals surface area contributed by atoms with Gasteiger partial charge in [0.25, 0.3) is 0 Å². The number of nitrogens with two attached hydrogens (primary N) is 1. The van der Waals surface area contributed by atoms with Gasteiger partial charge in [-0.25, -0.2) is 4.79 Å². The fraction of sp³-hybridized carbons (Fsp3) is 0.643. The molecular weight excluding hydrogens is 518 g/mol. The Morgan fingerprint density at radius 2 is 1.67 bits per heavy atom. The maximum atomic E-state index is 13.3. The molecular formula is C28H41N5O5S. The normalized spacial score (nSPS) is 22.7. The smallest absolute Gasteiger partial charge is 0.411 e. The quantitative estimate of drug-likeness (QED) is 0.441. The second-order valence-corrected chi connectivity index (χ2v) is 12.3. The van der Waals surface area contributed by atoms with Crippen molar-refractivity contribution in [1.29, 1.82) is 0 Å². The largest absolute Gasteiger partial charge is 0.444 e. The number of ether oxygens (including phenoxy) is 1. The van der Waals surface area contributed by atoms with Crippen molar-refractivity contribution in [1.82, 2.24) is 15.1 Å². The van der Waals surface area contributed by atoms with Gasteiger partial charge in [0.2, 0.25) is 17.7 Å². The Morgan fingerprint density at radius 3 is 2.23 bits per heavy atom. The monoisotopic (exact) mass is 559 g/mol. The molecule has 2 aliphatic heterocycles. The third kappa shape index (κ3) is 7.58. The van der Waals surface area contributed by atoms with E-state index < -0.39 is 41.0 Å². The number of piperidine rings is 1. The number of nitrogens with zero attached hydrogens (tertiary/aromatic N) is 3. The van der Waals surface area contributed by atoms with Gasteiger partial charge in [-0.1, -0.05) is 12.1 Å². The number of carbonyl (C=O) groups is 4. The van der Waals surface area contributed by atoms with E-state index in [1.54, 1.807) is 20.8 Å². The van der Waals surface area contributed by atoms with E-state index in [-0.39, 0.29) is 18.2 Å². The van der Waals surface area contributed by atoms with Gasteiger partial charge in [0.1, 0.15) is 17.7 Å². The molecule has 214 valence electrons. The van der Waals surface area contributed by atoms with Crippen LogP contribution in [0.25, 0.3) is 0 Å². The number of nitrogens with one attached hydrogen (secondary N) is 1. The number of hydrogen-bond acceptors (Lipinski definition) is 7. The van der Waals surface area contributed by atoms with Gasteiger partial charge in [-0.05, 0) is 70.6 Å². The second-order valence-electron chi connectivity index (χ2n) is 11.7. The van der Waals surface area contributed by atoms with Crippen molar-refractivity contribution in [2.75, 3.05) is 31.1 Å². The van der Waals surface area contributed by atoms with Crippen LogP contribution in [0.3, 0.4) is 0 Å². The first-order chi connectivity index (χ1) is 18.4. The highest BCUT2D eigenvalue weighted by Gasteiger charge is 2.40. The Hall–Kier alpha value is -2.95. The topological polar surface area (TPSA) is 125 Å². The Morgan fingerprint density at radius 1 is 1.03 bits per heavy atom. The summed E-state index contributed by atoms with van der Waals surface area (Å²) in [5.41, 5.74) is 6.85. The van der Waals surface area contributed by atoms with Crippen LogP contribution < -0.4 is 16.0 Å². The summed E-state index contributed by atoms with van der Waals surface area (Å²) in [6.45, 7) is 8.30. The van der Waals surface area contributed by atoms with Crippen molar-refractivity contribution in [3.8, 4) is 0 Å². The molecule has 10 nitrogen and oxygen atoms in total. The summed E-state index contributed by atoms with van der Waals surface area (Å²) in [5, 5.41) is 2.31. The summed E-state index contributed by atoms with van der Waals surface area (Å²) in [6.07, 6.45) is 3.47. The first kappa shape index (κ1) is 29.0. The predicted molar refractivity (Wildman–Crippen MR) is 151 cm³/mol. The van der Waals surface area contributed by atoms with Crippen molar-refractivity contribution in [2.24, 2.45) is 11.7 Å². The molecule has 3 aliphatic rings. The van der Waals surface area contributed by atoms with E-state index in [9.17, 15) is 19.2 Å². The number of rotatable bonds is 7. The Labute approximate surface area is 236 Å². The molecule has 4 amide bonds. The molecule has 1 saturated carbocycles. The van der Waals surface area contributed by atoms with E-state index in [0.717, 1.165) is 56.7 Å².